The van der Waals surface area contributed by atoms with Crippen LogP contribution >= 0.6 is 0 Å². The largest absolute Gasteiger partial charge is 0.475 e. The van der Waals surface area contributed by atoms with Crippen LogP contribution in [0.15, 0.2) is 66.7 Å². The van der Waals surface area contributed by atoms with Crippen LogP contribution in [0.5, 0.6) is 5.88 Å². The molecule has 7 nitrogen and oxygen atoms in total. The minimum Gasteiger partial charge on any atom is -0.475 e. The number of carbonyl (C=O) groups is 1. The third kappa shape index (κ3) is 4.78. The smallest absolute Gasteiger partial charge is 0.231 e. The van der Waals surface area contributed by atoms with Gasteiger partial charge in [0.15, 0.2) is 11.5 Å². The van der Waals surface area contributed by atoms with E-state index in [1.165, 1.54) is 12.1 Å². The second-order valence-electron chi connectivity index (χ2n) is 6.66. The Morgan fingerprint density at radius 1 is 1.00 bits per heavy atom. The zero-order valence-corrected chi connectivity index (χ0v) is 16.2. The van der Waals surface area contributed by atoms with Crippen molar-refractivity contribution in [1.82, 2.24) is 25.1 Å². The number of halogens is 1. The molecule has 4 aromatic rings. The van der Waals surface area contributed by atoms with Crippen molar-refractivity contribution in [3.63, 3.8) is 0 Å². The van der Waals surface area contributed by atoms with Crippen LogP contribution in [0.2, 0.25) is 0 Å². The highest BCUT2D eigenvalue weighted by atomic mass is 19.1. The number of fused-ring (bicyclic) bond motifs is 1. The maximum Gasteiger partial charge on any atom is 0.231 e. The third-order valence-electron chi connectivity index (χ3n) is 4.50. The molecular formula is C22H20FN5O2. The number of rotatable bonds is 8. The topological polar surface area (TPSA) is 81.4 Å². The molecule has 1 amide bonds. The predicted octanol–water partition coefficient (Wildman–Crippen LogP) is 3.06. The molecule has 0 unspecified atom stereocenters. The van der Waals surface area contributed by atoms with Crippen LogP contribution in [-0.2, 0) is 11.2 Å². The summed E-state index contributed by atoms with van der Waals surface area (Å²) in [5.74, 6) is 0.521. The highest BCUT2D eigenvalue weighted by Crippen LogP contribution is 2.19. The summed E-state index contributed by atoms with van der Waals surface area (Å²) in [6.07, 6.45) is 1.13. The van der Waals surface area contributed by atoms with Gasteiger partial charge in [-0.25, -0.2) is 4.39 Å². The number of aromatic nitrogens is 4. The number of carbonyl (C=O) groups excluding carboxylic acids is 1. The third-order valence-corrected chi connectivity index (χ3v) is 4.50. The quantitative estimate of drug-likeness (QED) is 0.456. The van der Waals surface area contributed by atoms with E-state index < -0.39 is 0 Å². The molecule has 0 aliphatic carbocycles. The molecule has 0 fully saturated rings. The van der Waals surface area contributed by atoms with Gasteiger partial charge in [0.25, 0.3) is 0 Å². The van der Waals surface area contributed by atoms with Crippen LogP contribution in [0, 0.1) is 5.82 Å². The van der Waals surface area contributed by atoms with Gasteiger partial charge in [-0.3, -0.25) is 4.79 Å². The van der Waals surface area contributed by atoms with Gasteiger partial charge in [-0.05, 0) is 42.3 Å². The van der Waals surface area contributed by atoms with Crippen molar-refractivity contribution in [2.24, 2.45) is 0 Å². The first-order valence-corrected chi connectivity index (χ1v) is 9.61. The Morgan fingerprint density at radius 3 is 2.60 bits per heavy atom. The lowest BCUT2D eigenvalue weighted by Crippen LogP contribution is -2.28. The number of nitrogens with zero attached hydrogens (tertiary/aromatic N) is 4. The monoisotopic (exact) mass is 405 g/mol. The summed E-state index contributed by atoms with van der Waals surface area (Å²) in [6, 6.07) is 19.3. The standard InChI is InChI=1S/C22H20FN5O2/c23-18-9-7-17(8-10-18)22-26-25-19-11-13-21(27-28(19)22)30-15-14-24-20(29)12-6-16-4-2-1-3-5-16/h1-5,7-11,13H,6,12,14-15H2,(H,24,29). The first-order chi connectivity index (χ1) is 14.7. The van der Waals surface area contributed by atoms with Gasteiger partial charge in [0.2, 0.25) is 11.8 Å². The van der Waals surface area contributed by atoms with Gasteiger partial charge in [0, 0.05) is 18.1 Å². The van der Waals surface area contributed by atoms with E-state index in [0.717, 1.165) is 5.56 Å². The van der Waals surface area contributed by atoms with Crippen molar-refractivity contribution in [2.45, 2.75) is 12.8 Å². The number of amides is 1. The van der Waals surface area contributed by atoms with E-state index in [1.807, 2.05) is 30.3 Å². The van der Waals surface area contributed by atoms with Crippen LogP contribution in [0.3, 0.4) is 0 Å². The molecule has 2 aromatic carbocycles. The van der Waals surface area contributed by atoms with Crippen LogP contribution in [0.1, 0.15) is 12.0 Å². The van der Waals surface area contributed by atoms with Gasteiger partial charge in [-0.15, -0.1) is 15.3 Å². The molecule has 2 heterocycles. The molecule has 30 heavy (non-hydrogen) atoms. The summed E-state index contributed by atoms with van der Waals surface area (Å²) in [5.41, 5.74) is 2.38. The fourth-order valence-electron chi connectivity index (χ4n) is 2.96. The van der Waals surface area contributed by atoms with Gasteiger partial charge in [-0.2, -0.15) is 4.52 Å². The minimum absolute atomic E-state index is 0.0248. The van der Waals surface area contributed by atoms with Crippen LogP contribution in [0.4, 0.5) is 4.39 Å². The molecule has 0 atom stereocenters. The predicted molar refractivity (Wildman–Crippen MR) is 109 cm³/mol. The average Bonchev–Trinajstić information content (AvgIpc) is 3.20. The molecule has 0 spiro atoms. The summed E-state index contributed by atoms with van der Waals surface area (Å²) in [7, 11) is 0. The second kappa shape index (κ2) is 9.13. The molecule has 2 aromatic heterocycles. The Bertz CT molecular complexity index is 1130. The molecule has 152 valence electrons. The lowest BCUT2D eigenvalue weighted by atomic mass is 10.1. The minimum atomic E-state index is -0.324. The number of ether oxygens (including phenoxy) is 1. The number of nitrogens with one attached hydrogen (secondary N) is 1. The van der Waals surface area contributed by atoms with E-state index in [2.05, 4.69) is 20.6 Å². The van der Waals surface area contributed by atoms with Crippen molar-refractivity contribution in [1.29, 1.82) is 0 Å². The van der Waals surface area contributed by atoms with Crippen LogP contribution < -0.4 is 10.1 Å². The van der Waals surface area contributed by atoms with E-state index >= 15 is 0 Å². The Morgan fingerprint density at radius 2 is 1.80 bits per heavy atom. The average molecular weight is 405 g/mol. The number of hydrogen-bond donors (Lipinski definition) is 1. The number of aryl methyl sites for hydroxylation is 1. The molecule has 0 aliphatic rings. The van der Waals surface area contributed by atoms with Crippen molar-refractivity contribution in [3.8, 4) is 17.3 Å². The molecule has 1 N–H and O–H groups in total. The zero-order chi connectivity index (χ0) is 20.8. The van der Waals surface area contributed by atoms with Gasteiger partial charge in [0.1, 0.15) is 12.4 Å². The SMILES string of the molecule is O=C(CCc1ccccc1)NCCOc1ccc2nnc(-c3ccc(F)cc3)n2n1. The summed E-state index contributed by atoms with van der Waals surface area (Å²) in [5, 5.41) is 15.4. The van der Waals surface area contributed by atoms with E-state index in [0.29, 0.717) is 42.3 Å². The van der Waals surface area contributed by atoms with Crippen molar-refractivity contribution >= 4 is 11.6 Å². The summed E-state index contributed by atoms with van der Waals surface area (Å²) >= 11 is 0. The van der Waals surface area contributed by atoms with Crippen molar-refractivity contribution < 1.29 is 13.9 Å². The van der Waals surface area contributed by atoms with Gasteiger partial charge < -0.3 is 10.1 Å². The van der Waals surface area contributed by atoms with Gasteiger partial charge >= 0.3 is 0 Å². The van der Waals surface area contributed by atoms with Gasteiger partial charge in [-0.1, -0.05) is 30.3 Å². The Balaban J connectivity index is 1.30. The molecular weight excluding hydrogens is 385 g/mol. The summed E-state index contributed by atoms with van der Waals surface area (Å²) in [6.45, 7) is 0.657. The lowest BCUT2D eigenvalue weighted by Gasteiger charge is -2.08. The normalized spacial score (nSPS) is 10.8. The zero-order valence-electron chi connectivity index (χ0n) is 16.2. The maximum atomic E-state index is 13.2. The van der Waals surface area contributed by atoms with E-state index in [-0.39, 0.29) is 18.3 Å². The van der Waals surface area contributed by atoms with E-state index in [4.69, 9.17) is 4.74 Å². The van der Waals surface area contributed by atoms with E-state index in [1.54, 1.807) is 28.8 Å². The van der Waals surface area contributed by atoms with Gasteiger partial charge in [0.05, 0.1) is 6.54 Å². The molecule has 0 saturated carbocycles. The van der Waals surface area contributed by atoms with E-state index in [9.17, 15) is 9.18 Å². The number of benzene rings is 2. The highest BCUT2D eigenvalue weighted by Gasteiger charge is 2.11. The molecule has 0 radical (unpaired) electrons. The summed E-state index contributed by atoms with van der Waals surface area (Å²) in [4.78, 5) is 12.0. The highest BCUT2D eigenvalue weighted by molar-refractivity contribution is 5.76. The lowest BCUT2D eigenvalue weighted by molar-refractivity contribution is -0.121. The molecule has 0 aliphatic heterocycles. The number of hydrogen-bond acceptors (Lipinski definition) is 5. The molecule has 4 rings (SSSR count). The van der Waals surface area contributed by atoms with Crippen LogP contribution in [0.25, 0.3) is 17.0 Å². The molecule has 0 bridgehead atoms. The molecule has 8 heteroatoms. The van der Waals surface area contributed by atoms with Crippen molar-refractivity contribution in [2.75, 3.05) is 13.2 Å². The Hall–Kier alpha value is -3.81. The Kier molecular flexibility index (Phi) is 5.93. The second-order valence-corrected chi connectivity index (χ2v) is 6.66. The fraction of sp³-hybridized carbons (Fsp3) is 0.182. The first-order valence-electron chi connectivity index (χ1n) is 9.61. The van der Waals surface area contributed by atoms with Crippen LogP contribution in [-0.4, -0.2) is 38.9 Å². The summed E-state index contributed by atoms with van der Waals surface area (Å²) < 4.78 is 20.3. The van der Waals surface area contributed by atoms with Crippen molar-refractivity contribution in [3.05, 3.63) is 78.1 Å². The maximum absolute atomic E-state index is 13.2. The first kappa shape index (κ1) is 19.5. The molecule has 0 saturated heterocycles. The fourth-order valence-corrected chi connectivity index (χ4v) is 2.96. The Labute approximate surface area is 172 Å².